The Morgan fingerprint density at radius 3 is 2.65 bits per heavy atom. The third-order valence-corrected chi connectivity index (χ3v) is 2.71. The van der Waals surface area contributed by atoms with E-state index in [4.69, 9.17) is 0 Å². The highest BCUT2D eigenvalue weighted by atomic mass is 19.4. The minimum absolute atomic E-state index is 0.0240. The van der Waals surface area contributed by atoms with Crippen LogP contribution < -0.4 is 0 Å². The molecule has 1 N–H and O–H groups in total. The van der Waals surface area contributed by atoms with Crippen LogP contribution in [0.5, 0.6) is 0 Å². The lowest BCUT2D eigenvalue weighted by atomic mass is 10.1. The Morgan fingerprint density at radius 2 is 1.95 bits per heavy atom. The van der Waals surface area contributed by atoms with Crippen molar-refractivity contribution in [3.05, 3.63) is 42.1 Å². The smallest absolute Gasteiger partial charge is 0.335 e. The van der Waals surface area contributed by atoms with E-state index in [2.05, 4.69) is 19.9 Å². The van der Waals surface area contributed by atoms with Gasteiger partial charge in [-0.05, 0) is 18.2 Å². The summed E-state index contributed by atoms with van der Waals surface area (Å²) >= 11 is 0. The fourth-order valence-electron chi connectivity index (χ4n) is 1.77. The van der Waals surface area contributed by atoms with Crippen LogP contribution in [0.3, 0.4) is 0 Å². The second kappa shape index (κ2) is 4.26. The molecule has 0 aliphatic rings. The Balaban J connectivity index is 2.17. The second-order valence-electron chi connectivity index (χ2n) is 4.04. The standard InChI is InChI=1S/C12H6F4N4/c13-8-2-1-6(12(14,15)16)3-7(8)10-19-9-4-17-5-18-11(9)20-10/h1-5H,(H,17,18,19,20). The molecule has 3 rings (SSSR count). The summed E-state index contributed by atoms with van der Waals surface area (Å²) in [5, 5.41) is 0. The highest BCUT2D eigenvalue weighted by Gasteiger charge is 2.31. The molecule has 0 aliphatic carbocycles. The fraction of sp³-hybridized carbons (Fsp3) is 0.0833. The molecule has 4 nitrogen and oxygen atoms in total. The first-order chi connectivity index (χ1) is 9.45. The minimum Gasteiger partial charge on any atom is -0.335 e. The van der Waals surface area contributed by atoms with Gasteiger partial charge in [0, 0.05) is 0 Å². The topological polar surface area (TPSA) is 54.5 Å². The number of halogens is 4. The first-order valence-corrected chi connectivity index (χ1v) is 5.48. The van der Waals surface area contributed by atoms with Crippen LogP contribution in [0.4, 0.5) is 17.6 Å². The third-order valence-electron chi connectivity index (χ3n) is 2.71. The molecule has 0 amide bonds. The van der Waals surface area contributed by atoms with Gasteiger partial charge < -0.3 is 4.98 Å². The van der Waals surface area contributed by atoms with Gasteiger partial charge in [-0.15, -0.1) is 0 Å². The molecular weight excluding hydrogens is 276 g/mol. The number of fused-ring (bicyclic) bond motifs is 1. The molecule has 20 heavy (non-hydrogen) atoms. The average molecular weight is 282 g/mol. The van der Waals surface area contributed by atoms with Crippen LogP contribution in [0.15, 0.2) is 30.7 Å². The van der Waals surface area contributed by atoms with Crippen molar-refractivity contribution in [3.63, 3.8) is 0 Å². The maximum absolute atomic E-state index is 13.7. The minimum atomic E-state index is -4.55. The molecule has 8 heteroatoms. The summed E-state index contributed by atoms with van der Waals surface area (Å²) in [7, 11) is 0. The summed E-state index contributed by atoms with van der Waals surface area (Å²) in [4.78, 5) is 14.2. The molecule has 1 aromatic carbocycles. The van der Waals surface area contributed by atoms with E-state index in [1.54, 1.807) is 0 Å². The number of H-pyrrole nitrogens is 1. The number of nitrogens with one attached hydrogen (secondary N) is 1. The van der Waals surface area contributed by atoms with Crippen LogP contribution in [0, 0.1) is 5.82 Å². The summed E-state index contributed by atoms with van der Waals surface area (Å²) in [5.74, 6) is -0.825. The van der Waals surface area contributed by atoms with Gasteiger partial charge in [0.1, 0.15) is 23.5 Å². The number of aromatic amines is 1. The zero-order chi connectivity index (χ0) is 14.3. The van der Waals surface area contributed by atoms with E-state index in [0.29, 0.717) is 17.6 Å². The van der Waals surface area contributed by atoms with Gasteiger partial charge in [-0.3, -0.25) is 0 Å². The van der Waals surface area contributed by atoms with Gasteiger partial charge >= 0.3 is 6.18 Å². The summed E-state index contributed by atoms with van der Waals surface area (Å²) in [6.45, 7) is 0. The number of nitrogens with zero attached hydrogens (tertiary/aromatic N) is 3. The predicted octanol–water partition coefficient (Wildman–Crippen LogP) is 3.18. The molecule has 3 aromatic rings. The molecule has 0 aliphatic heterocycles. The molecule has 0 fully saturated rings. The third kappa shape index (κ3) is 2.09. The molecule has 2 aromatic heterocycles. The van der Waals surface area contributed by atoms with Gasteiger partial charge in [-0.2, -0.15) is 13.2 Å². The summed E-state index contributed by atoms with van der Waals surface area (Å²) in [6.07, 6.45) is -1.89. The Kier molecular flexibility index (Phi) is 2.66. The Morgan fingerprint density at radius 1 is 1.15 bits per heavy atom. The molecule has 0 radical (unpaired) electrons. The molecule has 0 bridgehead atoms. The van der Waals surface area contributed by atoms with E-state index in [-0.39, 0.29) is 17.0 Å². The normalized spacial score (nSPS) is 12.0. The Hall–Kier alpha value is -2.51. The number of hydrogen-bond donors (Lipinski definition) is 1. The van der Waals surface area contributed by atoms with Crippen molar-refractivity contribution >= 4 is 11.2 Å². The van der Waals surface area contributed by atoms with Gasteiger partial charge in [0.05, 0.1) is 17.3 Å². The van der Waals surface area contributed by atoms with Gasteiger partial charge in [0.2, 0.25) is 0 Å². The van der Waals surface area contributed by atoms with Crippen LogP contribution in [0.25, 0.3) is 22.6 Å². The number of benzene rings is 1. The molecule has 0 saturated carbocycles. The zero-order valence-electron chi connectivity index (χ0n) is 9.74. The van der Waals surface area contributed by atoms with E-state index in [1.165, 1.54) is 12.5 Å². The predicted molar refractivity (Wildman–Crippen MR) is 62.1 cm³/mol. The number of aromatic nitrogens is 4. The number of alkyl halides is 3. The fourth-order valence-corrected chi connectivity index (χ4v) is 1.77. The molecular formula is C12H6F4N4. The first kappa shape index (κ1) is 12.5. The quantitative estimate of drug-likeness (QED) is 0.697. The highest BCUT2D eigenvalue weighted by molar-refractivity contribution is 5.75. The van der Waals surface area contributed by atoms with E-state index >= 15 is 0 Å². The van der Waals surface area contributed by atoms with Gasteiger partial charge in [-0.1, -0.05) is 0 Å². The SMILES string of the molecule is Fc1ccc(C(F)(F)F)cc1-c1nc2ncncc2[nH]1. The Bertz CT molecular complexity index is 745. The maximum atomic E-state index is 13.7. The molecule has 0 saturated heterocycles. The van der Waals surface area contributed by atoms with Crippen LogP contribution >= 0.6 is 0 Å². The van der Waals surface area contributed by atoms with Crippen LogP contribution in [-0.2, 0) is 6.18 Å². The molecule has 0 unspecified atom stereocenters. The molecule has 102 valence electrons. The van der Waals surface area contributed by atoms with Crippen molar-refractivity contribution in [1.29, 1.82) is 0 Å². The lowest BCUT2D eigenvalue weighted by Gasteiger charge is -2.08. The van der Waals surface area contributed by atoms with Crippen molar-refractivity contribution in [2.45, 2.75) is 6.18 Å². The summed E-state index contributed by atoms with van der Waals surface area (Å²) in [5.41, 5.74) is -0.538. The van der Waals surface area contributed by atoms with Crippen LogP contribution in [0.2, 0.25) is 0 Å². The van der Waals surface area contributed by atoms with E-state index in [1.807, 2.05) is 0 Å². The van der Waals surface area contributed by atoms with Gasteiger partial charge in [0.25, 0.3) is 0 Å². The molecule has 0 spiro atoms. The number of hydrogen-bond acceptors (Lipinski definition) is 3. The average Bonchev–Trinajstić information content (AvgIpc) is 2.81. The number of imidazole rings is 1. The van der Waals surface area contributed by atoms with Crippen LogP contribution in [-0.4, -0.2) is 19.9 Å². The maximum Gasteiger partial charge on any atom is 0.416 e. The van der Waals surface area contributed by atoms with E-state index < -0.39 is 17.6 Å². The second-order valence-corrected chi connectivity index (χ2v) is 4.04. The zero-order valence-corrected chi connectivity index (χ0v) is 9.74. The van der Waals surface area contributed by atoms with Crippen molar-refractivity contribution in [3.8, 4) is 11.4 Å². The monoisotopic (exact) mass is 282 g/mol. The lowest BCUT2D eigenvalue weighted by molar-refractivity contribution is -0.137. The summed E-state index contributed by atoms with van der Waals surface area (Å²) in [6, 6.07) is 2.15. The van der Waals surface area contributed by atoms with Gasteiger partial charge in [-0.25, -0.2) is 19.3 Å². The van der Waals surface area contributed by atoms with Crippen LogP contribution in [0.1, 0.15) is 5.56 Å². The largest absolute Gasteiger partial charge is 0.416 e. The highest BCUT2D eigenvalue weighted by Crippen LogP contribution is 2.33. The van der Waals surface area contributed by atoms with E-state index in [0.717, 1.165) is 6.07 Å². The lowest BCUT2D eigenvalue weighted by Crippen LogP contribution is -2.05. The first-order valence-electron chi connectivity index (χ1n) is 5.48. The Labute approximate surface area is 109 Å². The van der Waals surface area contributed by atoms with Crippen molar-refractivity contribution in [1.82, 2.24) is 19.9 Å². The summed E-state index contributed by atoms with van der Waals surface area (Å²) < 4.78 is 51.6. The molecule has 2 heterocycles. The van der Waals surface area contributed by atoms with Crippen molar-refractivity contribution in [2.75, 3.05) is 0 Å². The van der Waals surface area contributed by atoms with Crippen molar-refractivity contribution in [2.24, 2.45) is 0 Å². The number of rotatable bonds is 1. The van der Waals surface area contributed by atoms with Gasteiger partial charge in [0.15, 0.2) is 5.65 Å². The van der Waals surface area contributed by atoms with E-state index in [9.17, 15) is 17.6 Å². The van der Waals surface area contributed by atoms with Crippen molar-refractivity contribution < 1.29 is 17.6 Å². The molecule has 0 atom stereocenters.